The molecule has 1 aromatic heterocycles. The van der Waals surface area contributed by atoms with Crippen molar-refractivity contribution in [3.63, 3.8) is 0 Å². The summed E-state index contributed by atoms with van der Waals surface area (Å²) in [6.07, 6.45) is 4.38. The highest BCUT2D eigenvalue weighted by Gasteiger charge is 2.21. The maximum Gasteiger partial charge on any atom is 0.127 e. The van der Waals surface area contributed by atoms with Crippen molar-refractivity contribution in [1.29, 1.82) is 0 Å². The van der Waals surface area contributed by atoms with Gasteiger partial charge in [-0.1, -0.05) is 18.2 Å². The van der Waals surface area contributed by atoms with Crippen LogP contribution >= 0.6 is 0 Å². The normalized spacial score (nSPS) is 17.8. The van der Waals surface area contributed by atoms with Crippen LogP contribution in [0.25, 0.3) is 0 Å². The minimum absolute atomic E-state index is 0.143. The first-order valence-corrected chi connectivity index (χ1v) is 8.76. The van der Waals surface area contributed by atoms with Crippen LogP contribution in [0, 0.1) is 12.7 Å². The topological polar surface area (TPSA) is 30.3 Å². The van der Waals surface area contributed by atoms with Crippen LogP contribution in [0.2, 0.25) is 0 Å². The van der Waals surface area contributed by atoms with Gasteiger partial charge in [-0.2, -0.15) is 5.10 Å². The quantitative estimate of drug-likeness (QED) is 0.777. The number of aromatic nitrogens is 2. The smallest absolute Gasteiger partial charge is 0.127 e. The largest absolute Gasteiger partial charge is 0.377 e. The van der Waals surface area contributed by atoms with Gasteiger partial charge in [-0.15, -0.1) is 0 Å². The summed E-state index contributed by atoms with van der Waals surface area (Å²) >= 11 is 0. The van der Waals surface area contributed by atoms with E-state index in [2.05, 4.69) is 23.8 Å². The minimum atomic E-state index is -0.143. The zero-order chi connectivity index (χ0) is 16.9. The summed E-state index contributed by atoms with van der Waals surface area (Å²) < 4.78 is 21.9. The molecule has 5 heteroatoms. The molecule has 3 rings (SSSR count). The predicted octanol–water partition coefficient (Wildman–Crippen LogP) is 3.53. The van der Waals surface area contributed by atoms with E-state index in [4.69, 9.17) is 4.74 Å². The summed E-state index contributed by atoms with van der Waals surface area (Å²) in [6, 6.07) is 7.02. The standard InChI is InChI=1S/C19H26FN3O/c1-3-23-15(2)17(11-21-23)13-22(14-18-8-6-10-24-18)12-16-7-4-5-9-19(16)20/h4-5,7,9,11,18H,3,6,8,10,12-14H2,1-2H3/t18-/m1/s1. The SMILES string of the molecule is CCn1ncc(CN(Cc2ccccc2F)C[C@H]2CCCO2)c1C. The van der Waals surface area contributed by atoms with Gasteiger partial charge in [0.15, 0.2) is 0 Å². The molecule has 130 valence electrons. The van der Waals surface area contributed by atoms with Crippen LogP contribution < -0.4 is 0 Å². The van der Waals surface area contributed by atoms with E-state index in [1.807, 2.05) is 23.0 Å². The molecule has 2 heterocycles. The molecule has 2 aromatic rings. The number of halogens is 1. The van der Waals surface area contributed by atoms with Crippen LogP contribution in [-0.4, -0.2) is 33.9 Å². The average molecular weight is 331 g/mol. The fourth-order valence-corrected chi connectivity index (χ4v) is 3.33. The fraction of sp³-hybridized carbons (Fsp3) is 0.526. The lowest BCUT2D eigenvalue weighted by atomic mass is 10.1. The van der Waals surface area contributed by atoms with Gasteiger partial charge in [-0.3, -0.25) is 9.58 Å². The minimum Gasteiger partial charge on any atom is -0.377 e. The molecule has 0 radical (unpaired) electrons. The molecule has 1 saturated heterocycles. The van der Waals surface area contributed by atoms with Gasteiger partial charge in [0, 0.05) is 49.6 Å². The second kappa shape index (κ2) is 7.90. The van der Waals surface area contributed by atoms with Crippen molar-refractivity contribution >= 4 is 0 Å². The summed E-state index contributed by atoms with van der Waals surface area (Å²) in [6.45, 7) is 8.07. The van der Waals surface area contributed by atoms with Crippen LogP contribution in [0.5, 0.6) is 0 Å². The van der Waals surface area contributed by atoms with Gasteiger partial charge >= 0.3 is 0 Å². The second-order valence-corrected chi connectivity index (χ2v) is 6.47. The van der Waals surface area contributed by atoms with Crippen molar-refractivity contribution in [2.75, 3.05) is 13.2 Å². The Morgan fingerprint density at radius 1 is 1.29 bits per heavy atom. The van der Waals surface area contributed by atoms with Crippen molar-refractivity contribution in [3.8, 4) is 0 Å². The number of aryl methyl sites for hydroxylation is 1. The molecule has 0 unspecified atom stereocenters. The van der Waals surface area contributed by atoms with Gasteiger partial charge in [0.25, 0.3) is 0 Å². The number of hydrogen-bond donors (Lipinski definition) is 0. The first-order valence-electron chi connectivity index (χ1n) is 8.76. The molecule has 0 saturated carbocycles. The van der Waals surface area contributed by atoms with Crippen molar-refractivity contribution in [2.45, 2.75) is 52.4 Å². The van der Waals surface area contributed by atoms with Gasteiger partial charge in [-0.25, -0.2) is 4.39 Å². The Morgan fingerprint density at radius 3 is 2.75 bits per heavy atom. The molecule has 0 aliphatic carbocycles. The monoisotopic (exact) mass is 331 g/mol. The highest BCUT2D eigenvalue weighted by Crippen LogP contribution is 2.19. The number of rotatable bonds is 7. The van der Waals surface area contributed by atoms with E-state index in [0.29, 0.717) is 6.54 Å². The van der Waals surface area contributed by atoms with Gasteiger partial charge in [0.1, 0.15) is 5.82 Å². The molecular formula is C19H26FN3O. The van der Waals surface area contributed by atoms with Crippen LogP contribution in [-0.2, 0) is 24.4 Å². The molecule has 1 atom stereocenters. The Bertz CT molecular complexity index is 664. The summed E-state index contributed by atoms with van der Waals surface area (Å²) in [5, 5.41) is 4.43. The van der Waals surface area contributed by atoms with Gasteiger partial charge in [-0.05, 0) is 32.8 Å². The molecule has 1 aromatic carbocycles. The van der Waals surface area contributed by atoms with Crippen molar-refractivity contribution < 1.29 is 9.13 Å². The van der Waals surface area contributed by atoms with E-state index in [1.165, 1.54) is 17.3 Å². The highest BCUT2D eigenvalue weighted by molar-refractivity contribution is 5.19. The van der Waals surface area contributed by atoms with E-state index >= 15 is 0 Å². The maximum atomic E-state index is 14.1. The third-order valence-corrected chi connectivity index (χ3v) is 4.74. The molecule has 1 fully saturated rings. The Labute approximate surface area is 143 Å². The molecule has 1 aliphatic rings. The van der Waals surface area contributed by atoms with Crippen molar-refractivity contribution in [2.24, 2.45) is 0 Å². The second-order valence-electron chi connectivity index (χ2n) is 6.47. The van der Waals surface area contributed by atoms with E-state index in [-0.39, 0.29) is 11.9 Å². The Morgan fingerprint density at radius 2 is 2.08 bits per heavy atom. The number of benzene rings is 1. The van der Waals surface area contributed by atoms with Gasteiger partial charge in [0.05, 0.1) is 12.3 Å². The number of nitrogens with zero attached hydrogens (tertiary/aromatic N) is 3. The lowest BCUT2D eigenvalue weighted by Gasteiger charge is -2.25. The van der Waals surface area contributed by atoms with E-state index < -0.39 is 0 Å². The van der Waals surface area contributed by atoms with Crippen LogP contribution in [0.3, 0.4) is 0 Å². The van der Waals surface area contributed by atoms with Crippen molar-refractivity contribution in [1.82, 2.24) is 14.7 Å². The Hall–Kier alpha value is -1.72. The van der Waals surface area contributed by atoms with Crippen LogP contribution in [0.15, 0.2) is 30.5 Å². The number of hydrogen-bond acceptors (Lipinski definition) is 3. The lowest BCUT2D eigenvalue weighted by molar-refractivity contribution is 0.0674. The molecule has 24 heavy (non-hydrogen) atoms. The molecule has 0 amide bonds. The molecule has 0 spiro atoms. The predicted molar refractivity (Wildman–Crippen MR) is 92.1 cm³/mol. The van der Waals surface area contributed by atoms with E-state index in [1.54, 1.807) is 6.07 Å². The average Bonchev–Trinajstić information content (AvgIpc) is 3.20. The number of ether oxygens (including phenoxy) is 1. The van der Waals surface area contributed by atoms with Crippen molar-refractivity contribution in [3.05, 3.63) is 53.1 Å². The highest BCUT2D eigenvalue weighted by atomic mass is 19.1. The molecular weight excluding hydrogens is 305 g/mol. The molecule has 4 nitrogen and oxygen atoms in total. The third kappa shape index (κ3) is 4.02. The fourth-order valence-electron chi connectivity index (χ4n) is 3.33. The zero-order valence-corrected chi connectivity index (χ0v) is 14.5. The molecule has 1 aliphatic heterocycles. The van der Waals surface area contributed by atoms with Crippen LogP contribution in [0.4, 0.5) is 4.39 Å². The first-order chi connectivity index (χ1) is 11.7. The zero-order valence-electron chi connectivity index (χ0n) is 14.5. The van der Waals surface area contributed by atoms with Gasteiger partial charge < -0.3 is 4.74 Å². The lowest BCUT2D eigenvalue weighted by Crippen LogP contribution is -2.32. The summed E-state index contributed by atoms with van der Waals surface area (Å²) in [5.41, 5.74) is 3.12. The Kier molecular flexibility index (Phi) is 5.63. The summed E-state index contributed by atoms with van der Waals surface area (Å²) in [7, 11) is 0. The van der Waals surface area contributed by atoms with Crippen LogP contribution in [0.1, 0.15) is 36.6 Å². The maximum absolute atomic E-state index is 14.1. The summed E-state index contributed by atoms with van der Waals surface area (Å²) in [5.74, 6) is -0.143. The summed E-state index contributed by atoms with van der Waals surface area (Å²) in [4.78, 5) is 2.28. The molecule has 0 N–H and O–H groups in total. The Balaban J connectivity index is 1.75. The molecule has 0 bridgehead atoms. The van der Waals surface area contributed by atoms with Gasteiger partial charge in [0.2, 0.25) is 0 Å². The first kappa shape index (κ1) is 17.1. The van der Waals surface area contributed by atoms with E-state index in [9.17, 15) is 4.39 Å². The van der Waals surface area contributed by atoms with E-state index in [0.717, 1.165) is 44.6 Å². The third-order valence-electron chi connectivity index (χ3n) is 4.74.